The molecule has 188 valence electrons. The standard InChI is InChI=1S/C26H22FN5O5/c1-35-24-13-20(27)23(32(33)34)14-21(24)30-25-15-26(29-16-28-25)31-22(10-11-36-31)17-6-5-9-19(12-17)37-18-7-3-2-4-8-18/h2-9,12-16,22H,10-11H2,1H3,(H,28,29,30)/t22-/m1/s1. The summed E-state index contributed by atoms with van der Waals surface area (Å²) in [5.74, 6) is 1.33. The summed E-state index contributed by atoms with van der Waals surface area (Å²) in [4.78, 5) is 24.8. The van der Waals surface area contributed by atoms with Crippen LogP contribution in [0.2, 0.25) is 0 Å². The van der Waals surface area contributed by atoms with E-state index in [4.69, 9.17) is 14.3 Å². The van der Waals surface area contributed by atoms with E-state index < -0.39 is 16.4 Å². The molecule has 4 aromatic rings. The molecule has 0 radical (unpaired) electrons. The number of nitro groups is 1. The number of aromatic nitrogens is 2. The minimum absolute atomic E-state index is 0.0915. The number of hydrogen-bond donors (Lipinski definition) is 1. The van der Waals surface area contributed by atoms with E-state index in [0.717, 1.165) is 29.9 Å². The van der Waals surface area contributed by atoms with Gasteiger partial charge < -0.3 is 14.8 Å². The van der Waals surface area contributed by atoms with Crippen LogP contribution in [0.3, 0.4) is 0 Å². The number of para-hydroxylation sites is 1. The molecule has 1 aliphatic heterocycles. The van der Waals surface area contributed by atoms with Gasteiger partial charge in [0.15, 0.2) is 5.82 Å². The molecule has 0 bridgehead atoms. The van der Waals surface area contributed by atoms with Crippen molar-refractivity contribution in [3.8, 4) is 17.2 Å². The third kappa shape index (κ3) is 5.26. The molecule has 2 heterocycles. The highest BCUT2D eigenvalue weighted by Crippen LogP contribution is 2.37. The van der Waals surface area contributed by atoms with E-state index >= 15 is 0 Å². The molecule has 1 N–H and O–H groups in total. The van der Waals surface area contributed by atoms with E-state index in [0.29, 0.717) is 24.0 Å². The molecule has 0 unspecified atom stereocenters. The Hall–Kier alpha value is -4.77. The third-order valence-electron chi connectivity index (χ3n) is 5.73. The average Bonchev–Trinajstić information content (AvgIpc) is 3.40. The molecule has 1 saturated heterocycles. The summed E-state index contributed by atoms with van der Waals surface area (Å²) in [6, 6.07) is 20.8. The lowest BCUT2D eigenvalue weighted by molar-refractivity contribution is -0.387. The van der Waals surface area contributed by atoms with E-state index in [2.05, 4.69) is 15.3 Å². The highest BCUT2D eigenvalue weighted by atomic mass is 19.1. The molecule has 10 nitrogen and oxygen atoms in total. The van der Waals surface area contributed by atoms with Gasteiger partial charge in [-0.1, -0.05) is 30.3 Å². The summed E-state index contributed by atoms with van der Waals surface area (Å²) in [5, 5.41) is 15.8. The van der Waals surface area contributed by atoms with Gasteiger partial charge in [-0.25, -0.2) is 15.0 Å². The summed E-state index contributed by atoms with van der Waals surface area (Å²) in [6.07, 6.45) is 2.06. The van der Waals surface area contributed by atoms with Crippen molar-refractivity contribution < 1.29 is 23.6 Å². The Bertz CT molecular complexity index is 1420. The van der Waals surface area contributed by atoms with Gasteiger partial charge >= 0.3 is 5.69 Å². The van der Waals surface area contributed by atoms with Gasteiger partial charge in [-0.3, -0.25) is 15.0 Å². The van der Waals surface area contributed by atoms with Gasteiger partial charge in [0.05, 0.1) is 30.4 Å². The van der Waals surface area contributed by atoms with Crippen LogP contribution >= 0.6 is 0 Å². The Morgan fingerprint density at radius 2 is 1.89 bits per heavy atom. The van der Waals surface area contributed by atoms with Crippen LogP contribution in [0.1, 0.15) is 18.0 Å². The lowest BCUT2D eigenvalue weighted by Gasteiger charge is -2.24. The molecule has 37 heavy (non-hydrogen) atoms. The molecular formula is C26H22FN5O5. The van der Waals surface area contributed by atoms with Crippen LogP contribution < -0.4 is 19.9 Å². The molecule has 0 amide bonds. The second kappa shape index (κ2) is 10.5. The second-order valence-electron chi connectivity index (χ2n) is 8.10. The number of rotatable bonds is 8. The number of methoxy groups -OCH3 is 1. The van der Waals surface area contributed by atoms with Crippen molar-refractivity contribution in [3.05, 3.63) is 101 Å². The summed E-state index contributed by atoms with van der Waals surface area (Å²) < 4.78 is 25.2. The minimum atomic E-state index is -0.998. The maximum atomic E-state index is 14.0. The quantitative estimate of drug-likeness (QED) is 0.230. The number of benzene rings is 3. The first-order chi connectivity index (χ1) is 18.0. The molecule has 5 rings (SSSR count). The largest absolute Gasteiger partial charge is 0.494 e. The lowest BCUT2D eigenvalue weighted by atomic mass is 10.0. The topological polar surface area (TPSA) is 112 Å². The summed E-state index contributed by atoms with van der Waals surface area (Å²) in [7, 11) is 1.34. The van der Waals surface area contributed by atoms with Crippen molar-refractivity contribution in [2.75, 3.05) is 24.1 Å². The van der Waals surface area contributed by atoms with Crippen molar-refractivity contribution in [1.82, 2.24) is 9.97 Å². The zero-order valence-corrected chi connectivity index (χ0v) is 19.7. The fourth-order valence-corrected chi connectivity index (χ4v) is 4.03. The Morgan fingerprint density at radius 1 is 1.08 bits per heavy atom. The highest BCUT2D eigenvalue weighted by molar-refractivity contribution is 5.69. The predicted molar refractivity (Wildman–Crippen MR) is 134 cm³/mol. The van der Waals surface area contributed by atoms with Crippen molar-refractivity contribution in [2.24, 2.45) is 0 Å². The Kier molecular flexibility index (Phi) is 6.77. The number of halogens is 1. The second-order valence-corrected chi connectivity index (χ2v) is 8.10. The Morgan fingerprint density at radius 3 is 2.68 bits per heavy atom. The number of ether oxygens (including phenoxy) is 2. The van der Waals surface area contributed by atoms with Crippen LogP contribution in [0, 0.1) is 15.9 Å². The van der Waals surface area contributed by atoms with Crippen molar-refractivity contribution in [2.45, 2.75) is 12.5 Å². The monoisotopic (exact) mass is 503 g/mol. The number of anilines is 3. The fourth-order valence-electron chi connectivity index (χ4n) is 4.03. The predicted octanol–water partition coefficient (Wildman–Crippen LogP) is 5.95. The lowest BCUT2D eigenvalue weighted by Crippen LogP contribution is -2.22. The smallest absolute Gasteiger partial charge is 0.307 e. The number of hydroxylamine groups is 1. The van der Waals surface area contributed by atoms with Gasteiger partial charge in [-0.2, -0.15) is 4.39 Å². The maximum absolute atomic E-state index is 14.0. The summed E-state index contributed by atoms with van der Waals surface area (Å²) >= 11 is 0. The van der Waals surface area contributed by atoms with Gasteiger partial charge in [0, 0.05) is 24.6 Å². The van der Waals surface area contributed by atoms with E-state index in [9.17, 15) is 14.5 Å². The van der Waals surface area contributed by atoms with E-state index in [1.54, 1.807) is 11.1 Å². The summed E-state index contributed by atoms with van der Waals surface area (Å²) in [5.41, 5.74) is 0.484. The van der Waals surface area contributed by atoms with Gasteiger partial charge in [0.1, 0.15) is 29.4 Å². The number of nitrogens with one attached hydrogen (secondary N) is 1. The molecule has 1 fully saturated rings. The van der Waals surface area contributed by atoms with E-state index in [1.807, 2.05) is 54.6 Å². The van der Waals surface area contributed by atoms with Gasteiger partial charge in [0.25, 0.3) is 0 Å². The fraction of sp³-hybridized carbons (Fsp3) is 0.154. The van der Waals surface area contributed by atoms with Crippen LogP contribution in [0.15, 0.2) is 79.1 Å². The molecule has 1 aliphatic rings. The third-order valence-corrected chi connectivity index (χ3v) is 5.73. The van der Waals surface area contributed by atoms with E-state index in [1.165, 1.54) is 13.4 Å². The molecule has 1 atom stereocenters. The van der Waals surface area contributed by atoms with Crippen LogP contribution in [-0.4, -0.2) is 28.6 Å². The maximum Gasteiger partial charge on any atom is 0.307 e. The molecule has 3 aromatic carbocycles. The Labute approximate surface area is 211 Å². The SMILES string of the molecule is COc1cc(F)c([N+](=O)[O-])cc1Nc1cc(N2OCC[C@@H]2c2cccc(Oc3ccccc3)c2)ncn1. The summed E-state index contributed by atoms with van der Waals surface area (Å²) in [6.45, 7) is 0.485. The first kappa shape index (κ1) is 23.9. The van der Waals surface area contributed by atoms with Crippen LogP contribution in [0.4, 0.5) is 27.4 Å². The minimum Gasteiger partial charge on any atom is -0.494 e. The number of nitrogens with zero attached hydrogens (tertiary/aromatic N) is 4. The molecule has 1 aromatic heterocycles. The molecule has 0 saturated carbocycles. The zero-order valence-electron chi connectivity index (χ0n) is 19.7. The molecular weight excluding hydrogens is 481 g/mol. The highest BCUT2D eigenvalue weighted by Gasteiger charge is 2.30. The van der Waals surface area contributed by atoms with Crippen molar-refractivity contribution in [1.29, 1.82) is 0 Å². The normalized spacial score (nSPS) is 14.9. The van der Waals surface area contributed by atoms with Crippen LogP contribution in [-0.2, 0) is 4.84 Å². The van der Waals surface area contributed by atoms with Crippen molar-refractivity contribution >= 4 is 23.0 Å². The molecule has 0 aliphatic carbocycles. The van der Waals surface area contributed by atoms with Gasteiger partial charge in [-0.15, -0.1) is 0 Å². The zero-order chi connectivity index (χ0) is 25.8. The van der Waals surface area contributed by atoms with Gasteiger partial charge in [0.2, 0.25) is 5.82 Å². The molecule has 0 spiro atoms. The van der Waals surface area contributed by atoms with Gasteiger partial charge in [-0.05, 0) is 29.8 Å². The number of hydrogen-bond acceptors (Lipinski definition) is 9. The van der Waals surface area contributed by atoms with Crippen molar-refractivity contribution in [3.63, 3.8) is 0 Å². The average molecular weight is 503 g/mol. The number of nitro benzene ring substituents is 1. The van der Waals surface area contributed by atoms with Crippen LogP contribution in [0.5, 0.6) is 17.2 Å². The van der Waals surface area contributed by atoms with E-state index in [-0.39, 0.29) is 17.5 Å². The molecule has 11 heteroatoms. The van der Waals surface area contributed by atoms with Crippen LogP contribution in [0.25, 0.3) is 0 Å². The first-order valence-corrected chi connectivity index (χ1v) is 11.4. The first-order valence-electron chi connectivity index (χ1n) is 11.4. The Balaban J connectivity index is 1.39.